The van der Waals surface area contributed by atoms with Gasteiger partial charge in [0.25, 0.3) is 0 Å². The van der Waals surface area contributed by atoms with Crippen molar-refractivity contribution in [3.05, 3.63) is 42.5 Å². The SMILES string of the molecule is CN(C(CN)C1CC1)S(=O)(=O)c1ccc2ccccc2c1.Cl. The Labute approximate surface area is 137 Å². The standard InChI is InChI=1S/C16H20N2O2S.ClH/c1-18(16(11-17)13-6-7-13)21(19,20)15-9-8-12-4-2-3-5-14(12)10-15;/h2-5,8-10,13,16H,6-7,11,17H2,1H3;1H. The first-order valence-electron chi connectivity index (χ1n) is 7.21. The average molecular weight is 341 g/mol. The normalized spacial score (nSPS) is 16.5. The maximum Gasteiger partial charge on any atom is 0.243 e. The van der Waals surface area contributed by atoms with Crippen molar-refractivity contribution in [1.29, 1.82) is 0 Å². The third-order valence-corrected chi connectivity index (χ3v) is 6.15. The molecule has 1 aliphatic rings. The van der Waals surface area contributed by atoms with Crippen LogP contribution in [0.1, 0.15) is 12.8 Å². The molecule has 22 heavy (non-hydrogen) atoms. The predicted octanol–water partition coefficient (Wildman–Crippen LogP) is 2.62. The second-order valence-electron chi connectivity index (χ2n) is 5.67. The van der Waals surface area contributed by atoms with E-state index in [9.17, 15) is 8.42 Å². The number of fused-ring (bicyclic) bond motifs is 1. The zero-order valence-corrected chi connectivity index (χ0v) is 14.1. The first-order valence-corrected chi connectivity index (χ1v) is 8.65. The van der Waals surface area contributed by atoms with E-state index in [1.807, 2.05) is 30.3 Å². The lowest BCUT2D eigenvalue weighted by atomic mass is 10.1. The quantitative estimate of drug-likeness (QED) is 0.910. The first kappa shape index (κ1) is 17.2. The van der Waals surface area contributed by atoms with Gasteiger partial charge < -0.3 is 5.73 Å². The summed E-state index contributed by atoms with van der Waals surface area (Å²) in [4.78, 5) is 0.336. The lowest BCUT2D eigenvalue weighted by Gasteiger charge is -2.26. The number of nitrogens with two attached hydrogens (primary N) is 1. The molecule has 4 nitrogen and oxygen atoms in total. The molecule has 0 bridgehead atoms. The number of nitrogens with zero attached hydrogens (tertiary/aromatic N) is 1. The summed E-state index contributed by atoms with van der Waals surface area (Å²) >= 11 is 0. The summed E-state index contributed by atoms with van der Waals surface area (Å²) < 4.78 is 27.0. The molecule has 1 aliphatic carbocycles. The molecule has 1 atom stereocenters. The minimum atomic E-state index is -3.49. The molecule has 1 unspecified atom stereocenters. The maximum atomic E-state index is 12.8. The highest BCUT2D eigenvalue weighted by atomic mass is 35.5. The Morgan fingerprint density at radius 2 is 1.82 bits per heavy atom. The van der Waals surface area contributed by atoms with Crippen LogP contribution in [0.4, 0.5) is 0 Å². The summed E-state index contributed by atoms with van der Waals surface area (Å²) in [5.41, 5.74) is 5.77. The van der Waals surface area contributed by atoms with Crippen LogP contribution in [0, 0.1) is 5.92 Å². The van der Waals surface area contributed by atoms with Gasteiger partial charge in [0.2, 0.25) is 10.0 Å². The second-order valence-corrected chi connectivity index (χ2v) is 7.67. The van der Waals surface area contributed by atoms with E-state index in [0.717, 1.165) is 23.6 Å². The van der Waals surface area contributed by atoms with Crippen molar-refractivity contribution in [2.75, 3.05) is 13.6 Å². The number of rotatable bonds is 5. The largest absolute Gasteiger partial charge is 0.329 e. The summed E-state index contributed by atoms with van der Waals surface area (Å²) in [7, 11) is -1.85. The van der Waals surface area contributed by atoms with E-state index in [-0.39, 0.29) is 18.4 Å². The van der Waals surface area contributed by atoms with Crippen LogP contribution in [0.15, 0.2) is 47.4 Å². The topological polar surface area (TPSA) is 63.4 Å². The number of hydrogen-bond donors (Lipinski definition) is 1. The molecule has 0 spiro atoms. The van der Waals surface area contributed by atoms with Crippen LogP contribution in [0.25, 0.3) is 10.8 Å². The van der Waals surface area contributed by atoms with Gasteiger partial charge in [-0.1, -0.05) is 30.3 Å². The van der Waals surface area contributed by atoms with Gasteiger partial charge in [0, 0.05) is 19.6 Å². The van der Waals surface area contributed by atoms with Crippen molar-refractivity contribution in [2.24, 2.45) is 11.7 Å². The number of halogens is 1. The van der Waals surface area contributed by atoms with E-state index in [1.54, 1.807) is 19.2 Å². The zero-order chi connectivity index (χ0) is 15.0. The van der Waals surface area contributed by atoms with Gasteiger partial charge in [-0.3, -0.25) is 0 Å². The third-order valence-electron chi connectivity index (χ3n) is 4.27. The van der Waals surface area contributed by atoms with Gasteiger partial charge in [-0.25, -0.2) is 8.42 Å². The van der Waals surface area contributed by atoms with E-state index in [0.29, 0.717) is 17.4 Å². The van der Waals surface area contributed by atoms with E-state index in [1.165, 1.54) is 4.31 Å². The highest BCUT2D eigenvalue weighted by Gasteiger charge is 2.38. The molecule has 1 saturated carbocycles. The molecule has 3 rings (SSSR count). The van der Waals surface area contributed by atoms with Crippen molar-refractivity contribution in [1.82, 2.24) is 4.31 Å². The Bertz CT molecular complexity index is 760. The summed E-state index contributed by atoms with van der Waals surface area (Å²) in [6.07, 6.45) is 2.14. The Morgan fingerprint density at radius 1 is 1.18 bits per heavy atom. The Balaban J connectivity index is 0.00000176. The molecule has 6 heteroatoms. The van der Waals surface area contributed by atoms with Crippen molar-refractivity contribution >= 4 is 33.2 Å². The van der Waals surface area contributed by atoms with E-state index < -0.39 is 10.0 Å². The Hall–Kier alpha value is -1.14. The van der Waals surface area contributed by atoms with Crippen molar-refractivity contribution < 1.29 is 8.42 Å². The molecular formula is C16H21ClN2O2S. The molecule has 2 aromatic rings. The Morgan fingerprint density at radius 3 is 2.41 bits per heavy atom. The molecule has 0 aromatic heterocycles. The molecule has 0 saturated heterocycles. The molecule has 0 heterocycles. The fourth-order valence-corrected chi connectivity index (χ4v) is 4.25. The third kappa shape index (κ3) is 3.13. The molecule has 120 valence electrons. The van der Waals surface area contributed by atoms with Crippen LogP contribution in [0.3, 0.4) is 0 Å². The molecule has 2 N–H and O–H groups in total. The minimum absolute atomic E-state index is 0. The maximum absolute atomic E-state index is 12.8. The molecule has 0 radical (unpaired) electrons. The summed E-state index contributed by atoms with van der Waals surface area (Å²) in [6, 6.07) is 12.9. The number of likely N-dealkylation sites (N-methyl/N-ethyl adjacent to an activating group) is 1. The van der Waals surface area contributed by atoms with Crippen molar-refractivity contribution in [3.8, 4) is 0 Å². The van der Waals surface area contributed by atoms with E-state index in [2.05, 4.69) is 0 Å². The Kier molecular flexibility index (Phi) is 5.12. The monoisotopic (exact) mass is 340 g/mol. The van der Waals surface area contributed by atoms with Crippen LogP contribution in [-0.4, -0.2) is 32.4 Å². The molecule has 0 amide bonds. The van der Waals surface area contributed by atoms with Gasteiger partial charge in [0.15, 0.2) is 0 Å². The fraction of sp³-hybridized carbons (Fsp3) is 0.375. The first-order chi connectivity index (χ1) is 10.0. The van der Waals surface area contributed by atoms with Crippen LogP contribution in [0.5, 0.6) is 0 Å². The van der Waals surface area contributed by atoms with Gasteiger partial charge in [-0.15, -0.1) is 12.4 Å². The van der Waals surface area contributed by atoms with Crippen LogP contribution >= 0.6 is 12.4 Å². The second kappa shape index (κ2) is 6.54. The zero-order valence-electron chi connectivity index (χ0n) is 12.5. The van der Waals surface area contributed by atoms with Gasteiger partial charge in [-0.2, -0.15) is 4.31 Å². The van der Waals surface area contributed by atoms with E-state index in [4.69, 9.17) is 5.73 Å². The summed E-state index contributed by atoms with van der Waals surface area (Å²) in [5, 5.41) is 1.97. The highest BCUT2D eigenvalue weighted by Crippen LogP contribution is 2.36. The molecule has 0 aliphatic heterocycles. The summed E-state index contributed by atoms with van der Waals surface area (Å²) in [5.74, 6) is 0.412. The van der Waals surface area contributed by atoms with Gasteiger partial charge >= 0.3 is 0 Å². The van der Waals surface area contributed by atoms with Crippen LogP contribution < -0.4 is 5.73 Å². The number of hydrogen-bond acceptors (Lipinski definition) is 3. The molecular weight excluding hydrogens is 320 g/mol. The van der Waals surface area contributed by atoms with Crippen LogP contribution in [-0.2, 0) is 10.0 Å². The predicted molar refractivity (Wildman–Crippen MR) is 91.7 cm³/mol. The lowest BCUT2D eigenvalue weighted by Crippen LogP contribution is -2.43. The molecule has 1 fully saturated rings. The number of sulfonamides is 1. The smallest absolute Gasteiger partial charge is 0.243 e. The minimum Gasteiger partial charge on any atom is -0.329 e. The van der Waals surface area contributed by atoms with Crippen molar-refractivity contribution in [3.63, 3.8) is 0 Å². The van der Waals surface area contributed by atoms with E-state index >= 15 is 0 Å². The van der Waals surface area contributed by atoms with Gasteiger partial charge in [-0.05, 0) is 41.7 Å². The van der Waals surface area contributed by atoms with Gasteiger partial charge in [0.1, 0.15) is 0 Å². The summed E-state index contributed by atoms with van der Waals surface area (Å²) in [6.45, 7) is 0.369. The number of benzene rings is 2. The van der Waals surface area contributed by atoms with Gasteiger partial charge in [0.05, 0.1) is 4.90 Å². The molecule has 2 aromatic carbocycles. The lowest BCUT2D eigenvalue weighted by molar-refractivity contribution is 0.340. The van der Waals surface area contributed by atoms with Crippen molar-refractivity contribution in [2.45, 2.75) is 23.8 Å². The fourth-order valence-electron chi connectivity index (χ4n) is 2.79. The average Bonchev–Trinajstić information content (AvgIpc) is 3.32. The van der Waals surface area contributed by atoms with Crippen LogP contribution in [0.2, 0.25) is 0 Å². The highest BCUT2D eigenvalue weighted by molar-refractivity contribution is 7.89.